The molecule has 0 N–H and O–H groups in total. The highest BCUT2D eigenvalue weighted by molar-refractivity contribution is 14.1. The van der Waals surface area contributed by atoms with Crippen molar-refractivity contribution < 1.29 is 9.13 Å². The number of hydrogen-bond acceptors (Lipinski definition) is 2. The molecule has 18 heavy (non-hydrogen) atoms. The lowest BCUT2D eigenvalue weighted by atomic mass is 10.1. The lowest BCUT2D eigenvalue weighted by Gasteiger charge is -2.10. The molecule has 2 rings (SSSR count). The summed E-state index contributed by atoms with van der Waals surface area (Å²) < 4.78 is 20.9. The maximum absolute atomic E-state index is 13.9. The molecular formula is C13H11FINO2. The van der Waals surface area contributed by atoms with Crippen LogP contribution in [0.15, 0.2) is 35.1 Å². The summed E-state index contributed by atoms with van der Waals surface area (Å²) in [6.45, 7) is 0. The van der Waals surface area contributed by atoms with Gasteiger partial charge in [-0.25, -0.2) is 4.39 Å². The molecular weight excluding hydrogens is 348 g/mol. The second-order valence-corrected chi connectivity index (χ2v) is 4.94. The molecule has 0 aliphatic rings. The largest absolute Gasteiger partial charge is 0.497 e. The van der Waals surface area contributed by atoms with Gasteiger partial charge in [0.1, 0.15) is 11.6 Å². The van der Waals surface area contributed by atoms with Gasteiger partial charge in [-0.15, -0.1) is 0 Å². The van der Waals surface area contributed by atoms with Gasteiger partial charge >= 0.3 is 0 Å². The molecule has 1 aromatic carbocycles. The van der Waals surface area contributed by atoms with Gasteiger partial charge in [0.2, 0.25) is 0 Å². The van der Waals surface area contributed by atoms with Gasteiger partial charge in [-0.05, 0) is 46.9 Å². The Labute approximate surface area is 117 Å². The second kappa shape index (κ2) is 5.09. The third-order valence-electron chi connectivity index (χ3n) is 2.71. The number of aromatic nitrogens is 1. The number of halogens is 2. The molecule has 1 heterocycles. The average molecular weight is 359 g/mol. The minimum absolute atomic E-state index is 0.136. The Bertz CT molecular complexity index is 652. The van der Waals surface area contributed by atoms with Crippen LogP contribution in [0.5, 0.6) is 5.75 Å². The lowest BCUT2D eigenvalue weighted by molar-refractivity contribution is 0.411. The molecule has 0 radical (unpaired) electrons. The Morgan fingerprint density at radius 1 is 1.28 bits per heavy atom. The molecule has 0 aliphatic heterocycles. The first kappa shape index (κ1) is 13.1. The number of methoxy groups -OCH3 is 1. The third-order valence-corrected chi connectivity index (χ3v) is 3.53. The van der Waals surface area contributed by atoms with Gasteiger partial charge in [-0.2, -0.15) is 0 Å². The summed E-state index contributed by atoms with van der Waals surface area (Å²) in [5.74, 6) is 0.0392. The van der Waals surface area contributed by atoms with Crippen LogP contribution in [0, 0.1) is 9.39 Å². The first-order valence-electron chi connectivity index (χ1n) is 5.24. The second-order valence-electron chi connectivity index (χ2n) is 3.78. The highest BCUT2D eigenvalue weighted by atomic mass is 127. The Hall–Kier alpha value is -1.37. The van der Waals surface area contributed by atoms with Crippen LogP contribution in [0.4, 0.5) is 4.39 Å². The monoisotopic (exact) mass is 359 g/mol. The Kier molecular flexibility index (Phi) is 3.70. The SMILES string of the molecule is COc1ccc(-c2ccc(I)c(=O)n2C)c(F)c1. The van der Waals surface area contributed by atoms with Crippen molar-refractivity contribution in [2.24, 2.45) is 7.05 Å². The van der Waals surface area contributed by atoms with E-state index >= 15 is 0 Å². The topological polar surface area (TPSA) is 31.2 Å². The van der Waals surface area contributed by atoms with Crippen molar-refractivity contribution in [2.45, 2.75) is 0 Å². The fourth-order valence-electron chi connectivity index (χ4n) is 1.71. The Morgan fingerprint density at radius 3 is 2.61 bits per heavy atom. The lowest BCUT2D eigenvalue weighted by Crippen LogP contribution is -2.20. The van der Waals surface area contributed by atoms with E-state index in [2.05, 4.69) is 0 Å². The maximum Gasteiger partial charge on any atom is 0.264 e. The molecule has 0 aliphatic carbocycles. The minimum atomic E-state index is -0.412. The van der Waals surface area contributed by atoms with Crippen molar-refractivity contribution in [1.82, 2.24) is 4.57 Å². The van der Waals surface area contributed by atoms with Crippen LogP contribution in [0.3, 0.4) is 0 Å². The van der Waals surface area contributed by atoms with Crippen LogP contribution < -0.4 is 10.3 Å². The fraction of sp³-hybridized carbons (Fsp3) is 0.154. The van der Waals surface area contributed by atoms with Crippen molar-refractivity contribution in [1.29, 1.82) is 0 Å². The van der Waals surface area contributed by atoms with Crippen molar-refractivity contribution >= 4 is 22.6 Å². The van der Waals surface area contributed by atoms with Crippen LogP contribution in [0.1, 0.15) is 0 Å². The number of benzene rings is 1. The van der Waals surface area contributed by atoms with Crippen LogP contribution in [0.2, 0.25) is 0 Å². The smallest absolute Gasteiger partial charge is 0.264 e. The molecule has 2 aromatic rings. The molecule has 94 valence electrons. The van der Waals surface area contributed by atoms with Crippen LogP contribution in [0.25, 0.3) is 11.3 Å². The predicted molar refractivity (Wildman–Crippen MR) is 76.3 cm³/mol. The summed E-state index contributed by atoms with van der Waals surface area (Å²) in [5, 5.41) is 0. The van der Waals surface area contributed by atoms with E-state index in [9.17, 15) is 9.18 Å². The normalized spacial score (nSPS) is 10.4. The summed E-state index contributed by atoms with van der Waals surface area (Å²) in [5.41, 5.74) is 0.788. The van der Waals surface area contributed by atoms with Gasteiger partial charge in [0.25, 0.3) is 5.56 Å². The van der Waals surface area contributed by atoms with Crippen molar-refractivity contribution in [3.05, 3.63) is 50.1 Å². The van der Waals surface area contributed by atoms with E-state index in [0.29, 0.717) is 20.6 Å². The van der Waals surface area contributed by atoms with Gasteiger partial charge in [0.15, 0.2) is 0 Å². The molecule has 0 unspecified atom stereocenters. The van der Waals surface area contributed by atoms with Gasteiger partial charge < -0.3 is 9.30 Å². The number of pyridine rings is 1. The molecule has 0 saturated heterocycles. The van der Waals surface area contributed by atoms with Crippen LogP contribution >= 0.6 is 22.6 Å². The molecule has 0 bridgehead atoms. The molecule has 1 aromatic heterocycles. The number of rotatable bonds is 2. The Morgan fingerprint density at radius 2 is 2.00 bits per heavy atom. The highest BCUT2D eigenvalue weighted by Crippen LogP contribution is 2.25. The van der Waals surface area contributed by atoms with Crippen molar-refractivity contribution in [3.63, 3.8) is 0 Å². The van der Waals surface area contributed by atoms with Gasteiger partial charge in [0, 0.05) is 18.7 Å². The molecule has 0 atom stereocenters. The quantitative estimate of drug-likeness (QED) is 0.773. The molecule has 3 nitrogen and oxygen atoms in total. The van der Waals surface area contributed by atoms with Crippen LogP contribution in [-0.4, -0.2) is 11.7 Å². The number of hydrogen-bond donors (Lipinski definition) is 0. The minimum Gasteiger partial charge on any atom is -0.497 e. The molecule has 0 saturated carbocycles. The number of ether oxygens (including phenoxy) is 1. The van der Waals surface area contributed by atoms with E-state index < -0.39 is 5.82 Å². The summed E-state index contributed by atoms with van der Waals surface area (Å²) in [7, 11) is 3.11. The van der Waals surface area contributed by atoms with E-state index in [0.717, 1.165) is 0 Å². The van der Waals surface area contributed by atoms with Crippen molar-refractivity contribution in [2.75, 3.05) is 7.11 Å². The van der Waals surface area contributed by atoms with Crippen molar-refractivity contribution in [3.8, 4) is 17.0 Å². The van der Waals surface area contributed by atoms with E-state index in [1.165, 1.54) is 17.7 Å². The van der Waals surface area contributed by atoms with E-state index in [1.54, 1.807) is 31.3 Å². The summed E-state index contributed by atoms with van der Waals surface area (Å²) >= 11 is 1.96. The Balaban J connectivity index is 2.63. The number of nitrogens with zero attached hydrogens (tertiary/aromatic N) is 1. The fourth-order valence-corrected chi connectivity index (χ4v) is 2.25. The molecule has 0 amide bonds. The standard InChI is InChI=1S/C13H11FINO2/c1-16-12(6-5-11(15)13(16)17)9-4-3-8(18-2)7-10(9)14/h3-7H,1-2H3. The summed E-state index contributed by atoms with van der Waals surface area (Å²) in [4.78, 5) is 11.8. The van der Waals surface area contributed by atoms with Gasteiger partial charge in [0.05, 0.1) is 16.4 Å². The first-order valence-corrected chi connectivity index (χ1v) is 6.32. The van der Waals surface area contributed by atoms with Gasteiger partial charge in [-0.3, -0.25) is 4.79 Å². The van der Waals surface area contributed by atoms with E-state index in [1.807, 2.05) is 22.6 Å². The van der Waals surface area contributed by atoms with Crippen LogP contribution in [-0.2, 0) is 7.05 Å². The van der Waals surface area contributed by atoms with E-state index in [4.69, 9.17) is 4.74 Å². The zero-order valence-corrected chi connectivity index (χ0v) is 12.1. The highest BCUT2D eigenvalue weighted by Gasteiger charge is 2.11. The zero-order valence-electron chi connectivity index (χ0n) is 9.91. The summed E-state index contributed by atoms with van der Waals surface area (Å²) in [6.07, 6.45) is 0. The van der Waals surface area contributed by atoms with E-state index in [-0.39, 0.29) is 5.56 Å². The molecule has 0 fully saturated rings. The van der Waals surface area contributed by atoms with Gasteiger partial charge in [-0.1, -0.05) is 0 Å². The average Bonchev–Trinajstić information content (AvgIpc) is 2.37. The zero-order chi connectivity index (χ0) is 13.3. The maximum atomic E-state index is 13.9. The third kappa shape index (κ3) is 2.27. The first-order chi connectivity index (χ1) is 8.54. The molecule has 5 heteroatoms. The summed E-state index contributed by atoms with van der Waals surface area (Å²) in [6, 6.07) is 7.99. The molecule has 0 spiro atoms. The predicted octanol–water partition coefficient (Wildman–Crippen LogP) is 2.80.